The molecule has 2 aromatic rings. The zero-order valence-corrected chi connectivity index (χ0v) is 15.9. The van der Waals surface area contributed by atoms with Gasteiger partial charge in [-0.3, -0.25) is 4.21 Å². The molecule has 0 radical (unpaired) electrons. The molecule has 0 saturated heterocycles. The minimum Gasteiger partial charge on any atom is -0.303 e. The maximum absolute atomic E-state index is 11.5. The van der Waals surface area contributed by atoms with E-state index in [0.29, 0.717) is 0 Å². The van der Waals surface area contributed by atoms with Crippen molar-refractivity contribution in [3.8, 4) is 11.1 Å². The van der Waals surface area contributed by atoms with Crippen LogP contribution in [0.1, 0.15) is 32.3 Å². The van der Waals surface area contributed by atoms with E-state index in [0.717, 1.165) is 17.9 Å². The second kappa shape index (κ2) is 9.75. The second-order valence-electron chi connectivity index (χ2n) is 6.27. The van der Waals surface area contributed by atoms with Crippen LogP contribution in [0.2, 0.25) is 0 Å². The summed E-state index contributed by atoms with van der Waals surface area (Å²) in [5, 5.41) is 0. The van der Waals surface area contributed by atoms with Gasteiger partial charge in [-0.1, -0.05) is 50.2 Å². The summed E-state index contributed by atoms with van der Waals surface area (Å²) in [6.45, 7) is 8.01. The predicted molar refractivity (Wildman–Crippen MR) is 105 cm³/mol. The van der Waals surface area contributed by atoms with Gasteiger partial charge in [0.2, 0.25) is 0 Å². The zero-order chi connectivity index (χ0) is 17.4. The molecule has 0 aromatic heterocycles. The minimum absolute atomic E-state index is 0.877. The average molecular weight is 344 g/mol. The van der Waals surface area contributed by atoms with Gasteiger partial charge in [-0.05, 0) is 61.2 Å². The Morgan fingerprint density at radius 1 is 0.792 bits per heavy atom. The lowest BCUT2D eigenvalue weighted by Gasteiger charge is -2.20. The first-order chi connectivity index (χ1) is 11.6. The Hall–Kier alpha value is -1.45. The maximum atomic E-state index is 11.5. The average Bonchev–Trinajstić information content (AvgIpc) is 2.60. The highest BCUT2D eigenvalue weighted by Gasteiger charge is 2.04. The maximum Gasteiger partial charge on any atom is 0.0498 e. The summed E-state index contributed by atoms with van der Waals surface area (Å²) in [6, 6.07) is 16.9. The highest BCUT2D eigenvalue weighted by Crippen LogP contribution is 2.21. The van der Waals surface area contributed by atoms with Gasteiger partial charge < -0.3 is 4.90 Å². The Balaban J connectivity index is 1.98. The van der Waals surface area contributed by atoms with E-state index in [1.165, 1.54) is 42.6 Å². The second-order valence-corrected chi connectivity index (χ2v) is 7.65. The molecule has 0 aliphatic rings. The fourth-order valence-electron chi connectivity index (χ4n) is 2.96. The van der Waals surface area contributed by atoms with Crippen LogP contribution in [0.15, 0.2) is 53.4 Å². The van der Waals surface area contributed by atoms with Crippen molar-refractivity contribution >= 4 is 10.8 Å². The molecule has 1 atom stereocenters. The monoisotopic (exact) mass is 343 g/mol. The van der Waals surface area contributed by atoms with Gasteiger partial charge in [0.1, 0.15) is 0 Å². The molecule has 130 valence electrons. The van der Waals surface area contributed by atoms with Gasteiger partial charge in [0.25, 0.3) is 0 Å². The van der Waals surface area contributed by atoms with E-state index in [4.69, 9.17) is 0 Å². The van der Waals surface area contributed by atoms with Crippen LogP contribution in [0.4, 0.5) is 0 Å². The molecule has 2 nitrogen and oxygen atoms in total. The lowest BCUT2D eigenvalue weighted by atomic mass is 10.0. The smallest absolute Gasteiger partial charge is 0.0498 e. The van der Waals surface area contributed by atoms with Crippen molar-refractivity contribution in [2.75, 3.05) is 25.9 Å². The number of nitrogens with zero attached hydrogens (tertiary/aromatic N) is 1. The van der Waals surface area contributed by atoms with Crippen LogP contribution < -0.4 is 0 Å². The largest absolute Gasteiger partial charge is 0.303 e. The van der Waals surface area contributed by atoms with Gasteiger partial charge in [0.05, 0.1) is 0 Å². The summed E-state index contributed by atoms with van der Waals surface area (Å²) in [7, 11) is -0.913. The van der Waals surface area contributed by atoms with Crippen molar-refractivity contribution in [2.24, 2.45) is 0 Å². The van der Waals surface area contributed by atoms with Crippen molar-refractivity contribution in [1.29, 1.82) is 0 Å². The lowest BCUT2D eigenvalue weighted by Crippen LogP contribution is -2.27. The van der Waals surface area contributed by atoms with Gasteiger partial charge in [-0.15, -0.1) is 0 Å². The molecule has 0 aliphatic carbocycles. The molecule has 0 aliphatic heterocycles. The Kier molecular flexibility index (Phi) is 7.67. The topological polar surface area (TPSA) is 20.3 Å². The van der Waals surface area contributed by atoms with Crippen molar-refractivity contribution < 1.29 is 4.21 Å². The number of hydrogen-bond donors (Lipinski definition) is 0. The molecule has 0 bridgehead atoms. The zero-order valence-electron chi connectivity index (χ0n) is 15.1. The van der Waals surface area contributed by atoms with Crippen LogP contribution in [0, 0.1) is 0 Å². The van der Waals surface area contributed by atoms with Crippen molar-refractivity contribution in [3.63, 3.8) is 0 Å². The summed E-state index contributed by atoms with van der Waals surface area (Å²) in [6.07, 6.45) is 5.26. The highest BCUT2D eigenvalue weighted by atomic mass is 32.2. The third kappa shape index (κ3) is 5.57. The van der Waals surface area contributed by atoms with Crippen molar-refractivity contribution in [2.45, 2.75) is 38.0 Å². The van der Waals surface area contributed by atoms with Crippen molar-refractivity contribution in [3.05, 3.63) is 54.1 Å². The first-order valence-corrected chi connectivity index (χ1v) is 10.4. The summed E-state index contributed by atoms with van der Waals surface area (Å²) < 4.78 is 11.5. The van der Waals surface area contributed by atoms with E-state index in [2.05, 4.69) is 55.1 Å². The molecule has 2 aromatic carbocycles. The van der Waals surface area contributed by atoms with Crippen LogP contribution in [-0.4, -0.2) is 35.0 Å². The van der Waals surface area contributed by atoms with Crippen LogP contribution >= 0.6 is 0 Å². The number of rotatable bonds is 9. The summed E-state index contributed by atoms with van der Waals surface area (Å²) in [5.41, 5.74) is 3.78. The molecule has 0 fully saturated rings. The first-order valence-electron chi connectivity index (χ1n) is 8.89. The Labute approximate surface area is 149 Å². The van der Waals surface area contributed by atoms with E-state index in [-0.39, 0.29) is 0 Å². The van der Waals surface area contributed by atoms with Gasteiger partial charge in [0, 0.05) is 28.5 Å². The third-order valence-electron chi connectivity index (χ3n) is 4.27. The molecular formula is C21H29NOS. The van der Waals surface area contributed by atoms with E-state index < -0.39 is 10.8 Å². The SMILES string of the molecule is CCCN(CCC)CCc1ccc(-c2ccc(S(C)=O)cc2)cc1. The number of hydrogen-bond acceptors (Lipinski definition) is 2. The van der Waals surface area contributed by atoms with Crippen LogP contribution in [-0.2, 0) is 17.2 Å². The Morgan fingerprint density at radius 3 is 1.75 bits per heavy atom. The fourth-order valence-corrected chi connectivity index (χ4v) is 3.48. The van der Waals surface area contributed by atoms with E-state index in [9.17, 15) is 4.21 Å². The molecule has 0 amide bonds. The lowest BCUT2D eigenvalue weighted by molar-refractivity contribution is 0.278. The molecule has 2 rings (SSSR count). The Morgan fingerprint density at radius 2 is 1.29 bits per heavy atom. The molecule has 0 N–H and O–H groups in total. The first kappa shape index (κ1) is 18.9. The molecule has 1 unspecified atom stereocenters. The molecule has 0 spiro atoms. The van der Waals surface area contributed by atoms with Gasteiger partial charge in [0.15, 0.2) is 0 Å². The minimum atomic E-state index is -0.913. The predicted octanol–water partition coefficient (Wildman–Crippen LogP) is 4.76. The van der Waals surface area contributed by atoms with Crippen LogP contribution in [0.3, 0.4) is 0 Å². The van der Waals surface area contributed by atoms with Gasteiger partial charge in [-0.25, -0.2) is 0 Å². The molecule has 24 heavy (non-hydrogen) atoms. The quantitative estimate of drug-likeness (QED) is 0.654. The van der Waals surface area contributed by atoms with Crippen LogP contribution in [0.5, 0.6) is 0 Å². The summed E-state index contributed by atoms with van der Waals surface area (Å²) >= 11 is 0. The normalized spacial score (nSPS) is 12.5. The van der Waals surface area contributed by atoms with Gasteiger partial charge in [-0.2, -0.15) is 0 Å². The van der Waals surface area contributed by atoms with Gasteiger partial charge >= 0.3 is 0 Å². The molecule has 0 saturated carbocycles. The Bertz CT molecular complexity index is 628. The van der Waals surface area contributed by atoms with Crippen molar-refractivity contribution in [1.82, 2.24) is 4.90 Å². The standard InChI is InChI=1S/C21H29NOS/c1-4-15-22(16-5-2)17-14-18-6-8-19(9-7-18)20-10-12-21(13-11-20)24(3)23/h6-13H,4-5,14-17H2,1-3H3. The third-order valence-corrected chi connectivity index (χ3v) is 5.21. The van der Waals surface area contributed by atoms with E-state index >= 15 is 0 Å². The molecule has 0 heterocycles. The summed E-state index contributed by atoms with van der Waals surface area (Å²) in [4.78, 5) is 3.43. The van der Waals surface area contributed by atoms with Crippen LogP contribution in [0.25, 0.3) is 11.1 Å². The van der Waals surface area contributed by atoms with E-state index in [1.807, 2.05) is 12.1 Å². The highest BCUT2D eigenvalue weighted by molar-refractivity contribution is 7.84. The number of benzene rings is 2. The summed E-state index contributed by atoms with van der Waals surface area (Å²) in [5.74, 6) is 0. The molecule has 3 heteroatoms. The van der Waals surface area contributed by atoms with E-state index in [1.54, 1.807) is 6.26 Å². The fraction of sp³-hybridized carbons (Fsp3) is 0.429. The molecular weight excluding hydrogens is 314 g/mol.